The highest BCUT2D eigenvalue weighted by Crippen LogP contribution is 2.30. The summed E-state index contributed by atoms with van der Waals surface area (Å²) in [4.78, 5) is 2.43. The molecule has 0 radical (unpaired) electrons. The van der Waals surface area contributed by atoms with E-state index in [4.69, 9.17) is 4.74 Å². The first-order valence-corrected chi connectivity index (χ1v) is 7.65. The molecule has 3 nitrogen and oxygen atoms in total. The largest absolute Gasteiger partial charge is 0.491 e. The molecule has 1 aromatic rings. The number of anilines is 1. The molecule has 112 valence electrons. The normalized spacial score (nSPS) is 16.3. The van der Waals surface area contributed by atoms with E-state index in [1.807, 2.05) is 0 Å². The van der Waals surface area contributed by atoms with Crippen LogP contribution in [0.4, 0.5) is 5.69 Å². The highest BCUT2D eigenvalue weighted by molar-refractivity contribution is 5.60. The van der Waals surface area contributed by atoms with Gasteiger partial charge in [-0.2, -0.15) is 0 Å². The summed E-state index contributed by atoms with van der Waals surface area (Å²) in [7, 11) is 0. The monoisotopic (exact) mass is 276 g/mol. The molecule has 1 fully saturated rings. The van der Waals surface area contributed by atoms with Gasteiger partial charge < -0.3 is 15.0 Å². The van der Waals surface area contributed by atoms with Crippen LogP contribution in [0.3, 0.4) is 0 Å². The number of benzene rings is 1. The number of piperazine rings is 1. The Bertz CT molecular complexity index is 431. The zero-order valence-corrected chi connectivity index (χ0v) is 13.3. The Kier molecular flexibility index (Phi) is 4.92. The number of aryl methyl sites for hydroxylation is 1. The van der Waals surface area contributed by atoms with Crippen LogP contribution in [0.5, 0.6) is 5.75 Å². The van der Waals surface area contributed by atoms with Crippen molar-refractivity contribution in [2.45, 2.75) is 34.1 Å². The Balaban J connectivity index is 2.07. The van der Waals surface area contributed by atoms with Crippen molar-refractivity contribution in [2.75, 3.05) is 37.7 Å². The first-order chi connectivity index (χ1) is 9.46. The summed E-state index contributed by atoms with van der Waals surface area (Å²) in [5.74, 6) is 1.03. The van der Waals surface area contributed by atoms with Crippen molar-refractivity contribution in [3.8, 4) is 5.75 Å². The van der Waals surface area contributed by atoms with Crippen LogP contribution in [-0.4, -0.2) is 32.8 Å². The summed E-state index contributed by atoms with van der Waals surface area (Å²) >= 11 is 0. The molecule has 1 aliphatic rings. The van der Waals surface area contributed by atoms with E-state index in [-0.39, 0.29) is 0 Å². The first kappa shape index (κ1) is 15.2. The van der Waals surface area contributed by atoms with Gasteiger partial charge in [0.1, 0.15) is 5.75 Å². The Morgan fingerprint density at radius 1 is 1.20 bits per heavy atom. The van der Waals surface area contributed by atoms with E-state index in [0.717, 1.165) is 45.0 Å². The quantitative estimate of drug-likeness (QED) is 0.914. The fourth-order valence-corrected chi connectivity index (χ4v) is 2.37. The van der Waals surface area contributed by atoms with Crippen LogP contribution in [0, 0.1) is 12.3 Å². The number of ether oxygens (including phenoxy) is 1. The van der Waals surface area contributed by atoms with Gasteiger partial charge in [0.15, 0.2) is 0 Å². The SMILES string of the molecule is Cc1ccc(OCCC(C)(C)C)c(N2CCNCC2)c1. The van der Waals surface area contributed by atoms with Crippen LogP contribution in [-0.2, 0) is 0 Å². The van der Waals surface area contributed by atoms with Crippen molar-refractivity contribution >= 4 is 5.69 Å². The van der Waals surface area contributed by atoms with Gasteiger partial charge in [-0.3, -0.25) is 0 Å². The number of hydrogen-bond acceptors (Lipinski definition) is 3. The summed E-state index contributed by atoms with van der Waals surface area (Å²) in [5.41, 5.74) is 2.86. The third kappa shape index (κ3) is 4.41. The maximum atomic E-state index is 6.06. The Morgan fingerprint density at radius 3 is 2.55 bits per heavy atom. The van der Waals surface area contributed by atoms with Gasteiger partial charge in [0.2, 0.25) is 0 Å². The standard InChI is InChI=1S/C17H28N2O/c1-14-5-6-16(20-12-7-17(2,3)4)15(13-14)19-10-8-18-9-11-19/h5-6,13,18H,7-12H2,1-4H3. The molecule has 3 heteroatoms. The van der Waals surface area contributed by atoms with Gasteiger partial charge >= 0.3 is 0 Å². The molecule has 1 N–H and O–H groups in total. The molecule has 20 heavy (non-hydrogen) atoms. The van der Waals surface area contributed by atoms with Crippen molar-refractivity contribution in [2.24, 2.45) is 5.41 Å². The molecule has 1 heterocycles. The highest BCUT2D eigenvalue weighted by atomic mass is 16.5. The molecule has 1 aliphatic heterocycles. The minimum atomic E-state index is 0.319. The molecule has 1 aromatic carbocycles. The van der Waals surface area contributed by atoms with E-state index < -0.39 is 0 Å². The predicted molar refractivity (Wildman–Crippen MR) is 85.8 cm³/mol. The van der Waals surface area contributed by atoms with Crippen molar-refractivity contribution < 1.29 is 4.74 Å². The molecule has 0 aliphatic carbocycles. The van der Waals surface area contributed by atoms with Crippen LogP contribution in [0.1, 0.15) is 32.8 Å². The van der Waals surface area contributed by atoms with Gasteiger partial charge in [-0.05, 0) is 36.5 Å². The van der Waals surface area contributed by atoms with Crippen molar-refractivity contribution in [3.63, 3.8) is 0 Å². The number of rotatable bonds is 4. The average Bonchev–Trinajstić information content (AvgIpc) is 2.40. The van der Waals surface area contributed by atoms with Crippen LogP contribution in [0.15, 0.2) is 18.2 Å². The van der Waals surface area contributed by atoms with Gasteiger partial charge in [-0.1, -0.05) is 26.8 Å². The van der Waals surface area contributed by atoms with E-state index in [1.54, 1.807) is 0 Å². The van der Waals surface area contributed by atoms with E-state index in [9.17, 15) is 0 Å². The van der Waals surface area contributed by atoms with Crippen LogP contribution in [0.25, 0.3) is 0 Å². The van der Waals surface area contributed by atoms with Gasteiger partial charge in [-0.15, -0.1) is 0 Å². The van der Waals surface area contributed by atoms with Gasteiger partial charge in [0, 0.05) is 26.2 Å². The summed E-state index contributed by atoms with van der Waals surface area (Å²) in [6, 6.07) is 6.51. The second-order valence-electron chi connectivity index (χ2n) is 6.87. The Hall–Kier alpha value is -1.22. The van der Waals surface area contributed by atoms with Crippen LogP contribution in [0.2, 0.25) is 0 Å². The Morgan fingerprint density at radius 2 is 1.90 bits per heavy atom. The third-order valence-electron chi connectivity index (χ3n) is 3.68. The maximum Gasteiger partial charge on any atom is 0.142 e. The summed E-state index contributed by atoms with van der Waals surface area (Å²) in [6.07, 6.45) is 1.07. The lowest BCUT2D eigenvalue weighted by Crippen LogP contribution is -2.43. The number of nitrogens with one attached hydrogen (secondary N) is 1. The Labute approximate surface area is 123 Å². The summed E-state index contributed by atoms with van der Waals surface area (Å²) in [6.45, 7) is 13.9. The summed E-state index contributed by atoms with van der Waals surface area (Å²) < 4.78 is 6.06. The smallest absolute Gasteiger partial charge is 0.142 e. The zero-order valence-electron chi connectivity index (χ0n) is 13.3. The molecule has 0 saturated carbocycles. The number of hydrogen-bond donors (Lipinski definition) is 1. The molecular weight excluding hydrogens is 248 g/mol. The summed E-state index contributed by atoms with van der Waals surface area (Å²) in [5, 5.41) is 3.40. The number of nitrogens with zero attached hydrogens (tertiary/aromatic N) is 1. The van der Waals surface area contributed by atoms with Crippen LogP contribution < -0.4 is 15.0 Å². The van der Waals surface area contributed by atoms with E-state index in [1.165, 1.54) is 11.3 Å². The van der Waals surface area contributed by atoms with Gasteiger partial charge in [-0.25, -0.2) is 0 Å². The van der Waals surface area contributed by atoms with E-state index >= 15 is 0 Å². The third-order valence-corrected chi connectivity index (χ3v) is 3.68. The molecule has 0 aromatic heterocycles. The lowest BCUT2D eigenvalue weighted by atomic mass is 9.93. The van der Waals surface area contributed by atoms with Gasteiger partial charge in [0.05, 0.1) is 12.3 Å². The second kappa shape index (κ2) is 6.49. The van der Waals surface area contributed by atoms with E-state index in [0.29, 0.717) is 5.41 Å². The topological polar surface area (TPSA) is 24.5 Å². The molecular formula is C17H28N2O. The fraction of sp³-hybridized carbons (Fsp3) is 0.647. The van der Waals surface area contributed by atoms with Crippen LogP contribution >= 0.6 is 0 Å². The van der Waals surface area contributed by atoms with Crippen molar-refractivity contribution in [1.29, 1.82) is 0 Å². The molecule has 0 bridgehead atoms. The first-order valence-electron chi connectivity index (χ1n) is 7.65. The van der Waals surface area contributed by atoms with Crippen molar-refractivity contribution in [1.82, 2.24) is 5.32 Å². The molecule has 1 saturated heterocycles. The lowest BCUT2D eigenvalue weighted by Gasteiger charge is -2.31. The lowest BCUT2D eigenvalue weighted by molar-refractivity contribution is 0.243. The molecule has 0 unspecified atom stereocenters. The minimum absolute atomic E-state index is 0.319. The minimum Gasteiger partial charge on any atom is -0.491 e. The molecule has 2 rings (SSSR count). The molecule has 0 amide bonds. The molecule has 0 spiro atoms. The fourth-order valence-electron chi connectivity index (χ4n) is 2.37. The highest BCUT2D eigenvalue weighted by Gasteiger charge is 2.16. The maximum absolute atomic E-state index is 6.06. The van der Waals surface area contributed by atoms with E-state index in [2.05, 4.69) is 56.1 Å². The second-order valence-corrected chi connectivity index (χ2v) is 6.87. The van der Waals surface area contributed by atoms with Crippen molar-refractivity contribution in [3.05, 3.63) is 23.8 Å². The van der Waals surface area contributed by atoms with Gasteiger partial charge in [0.25, 0.3) is 0 Å². The predicted octanol–water partition coefficient (Wildman–Crippen LogP) is 3.22. The zero-order chi connectivity index (χ0) is 14.6. The molecule has 0 atom stereocenters. The average molecular weight is 276 g/mol.